The highest BCUT2D eigenvalue weighted by Gasteiger charge is 2.39. The zero-order chi connectivity index (χ0) is 23.8. The van der Waals surface area contributed by atoms with Crippen LogP contribution in [0.1, 0.15) is 44.2 Å². The Labute approximate surface area is 195 Å². The first-order valence-electron chi connectivity index (χ1n) is 11.2. The summed E-state index contributed by atoms with van der Waals surface area (Å²) in [5, 5.41) is 2.77. The van der Waals surface area contributed by atoms with E-state index in [1.165, 1.54) is 4.31 Å². The predicted molar refractivity (Wildman–Crippen MR) is 124 cm³/mol. The number of hydrogen-bond donors (Lipinski definition) is 1. The summed E-state index contributed by atoms with van der Waals surface area (Å²) in [7, 11) is -3.73. The molecule has 0 spiro atoms. The molecule has 2 heterocycles. The number of benzene rings is 1. The lowest BCUT2D eigenvalue weighted by molar-refractivity contribution is -0.163. The zero-order valence-electron chi connectivity index (χ0n) is 19.0. The quantitative estimate of drug-likeness (QED) is 0.562. The predicted octanol–water partition coefficient (Wildman–Crippen LogP) is 2.65. The van der Waals surface area contributed by atoms with Crippen molar-refractivity contribution in [3.8, 4) is 0 Å². The number of ether oxygens (including phenoxy) is 1. The molecule has 0 saturated carbocycles. The first-order chi connectivity index (χ1) is 15.8. The van der Waals surface area contributed by atoms with Gasteiger partial charge in [0.05, 0.1) is 5.75 Å². The molecule has 2 aromatic rings. The molecule has 1 aliphatic heterocycles. The molecule has 0 radical (unpaired) electrons. The lowest BCUT2D eigenvalue weighted by atomic mass is 10.0. The zero-order valence-corrected chi connectivity index (χ0v) is 19.8. The summed E-state index contributed by atoms with van der Waals surface area (Å²) in [6.07, 6.45) is 4.04. The van der Waals surface area contributed by atoms with Gasteiger partial charge in [-0.15, -0.1) is 0 Å². The summed E-state index contributed by atoms with van der Waals surface area (Å²) in [4.78, 5) is 29.9. The average molecular weight is 474 g/mol. The van der Waals surface area contributed by atoms with Crippen molar-refractivity contribution in [1.82, 2.24) is 14.6 Å². The van der Waals surface area contributed by atoms with Gasteiger partial charge in [0, 0.05) is 25.5 Å². The number of nitrogens with zero attached hydrogens (tertiary/aromatic N) is 2. The second kappa shape index (κ2) is 11.4. The monoisotopic (exact) mass is 473 g/mol. The Morgan fingerprint density at radius 3 is 2.52 bits per heavy atom. The number of sulfonamides is 1. The van der Waals surface area contributed by atoms with Crippen LogP contribution in [0.4, 0.5) is 0 Å². The minimum atomic E-state index is -3.73. The Balaban J connectivity index is 1.68. The SMILES string of the molecule is CC(C)C(OC(=O)C1CCCCN1S(=O)(=O)Cc1ccccc1)C(=O)NCc1cccnc1. The number of nitrogens with one attached hydrogen (secondary N) is 1. The van der Waals surface area contributed by atoms with Crippen LogP contribution in [0, 0.1) is 5.92 Å². The molecule has 1 aromatic heterocycles. The Hall–Kier alpha value is -2.78. The lowest BCUT2D eigenvalue weighted by Crippen LogP contribution is -2.51. The number of esters is 1. The van der Waals surface area contributed by atoms with Crippen molar-refractivity contribution in [2.45, 2.75) is 57.6 Å². The molecule has 2 atom stereocenters. The summed E-state index contributed by atoms with van der Waals surface area (Å²) >= 11 is 0. The molecule has 9 heteroatoms. The highest BCUT2D eigenvalue weighted by atomic mass is 32.2. The Bertz CT molecular complexity index is 1030. The smallest absolute Gasteiger partial charge is 0.325 e. The third-order valence-electron chi connectivity index (χ3n) is 5.57. The molecule has 1 fully saturated rings. The molecule has 2 unspecified atom stereocenters. The van der Waals surface area contributed by atoms with Crippen LogP contribution >= 0.6 is 0 Å². The van der Waals surface area contributed by atoms with E-state index in [0.717, 1.165) is 12.0 Å². The highest BCUT2D eigenvalue weighted by Crippen LogP contribution is 2.25. The summed E-state index contributed by atoms with van der Waals surface area (Å²) in [6.45, 7) is 4.09. The van der Waals surface area contributed by atoms with Crippen LogP contribution in [0.5, 0.6) is 0 Å². The molecule has 1 aliphatic rings. The van der Waals surface area contributed by atoms with Crippen molar-refractivity contribution in [2.24, 2.45) is 5.92 Å². The van der Waals surface area contributed by atoms with E-state index in [1.807, 2.05) is 12.1 Å². The van der Waals surface area contributed by atoms with Gasteiger partial charge in [-0.2, -0.15) is 4.31 Å². The van der Waals surface area contributed by atoms with E-state index in [4.69, 9.17) is 4.74 Å². The topological polar surface area (TPSA) is 106 Å². The summed E-state index contributed by atoms with van der Waals surface area (Å²) in [5.74, 6) is -1.56. The van der Waals surface area contributed by atoms with Crippen LogP contribution < -0.4 is 5.32 Å². The number of carbonyl (C=O) groups excluding carboxylic acids is 2. The molecule has 1 aromatic carbocycles. The van der Waals surface area contributed by atoms with Gasteiger partial charge in [0.2, 0.25) is 10.0 Å². The summed E-state index contributed by atoms with van der Waals surface area (Å²) in [5.41, 5.74) is 1.48. The summed E-state index contributed by atoms with van der Waals surface area (Å²) < 4.78 is 33.1. The minimum Gasteiger partial charge on any atom is -0.451 e. The van der Waals surface area contributed by atoms with Gasteiger partial charge in [-0.05, 0) is 42.4 Å². The van der Waals surface area contributed by atoms with Crippen molar-refractivity contribution in [2.75, 3.05) is 6.54 Å². The van der Waals surface area contributed by atoms with Crippen LogP contribution in [-0.2, 0) is 36.6 Å². The second-order valence-corrected chi connectivity index (χ2v) is 10.5. The van der Waals surface area contributed by atoms with E-state index >= 15 is 0 Å². The average Bonchev–Trinajstić information content (AvgIpc) is 2.81. The highest BCUT2D eigenvalue weighted by molar-refractivity contribution is 7.88. The third-order valence-corrected chi connectivity index (χ3v) is 7.42. The Morgan fingerprint density at radius 1 is 1.12 bits per heavy atom. The van der Waals surface area contributed by atoms with E-state index in [2.05, 4.69) is 10.3 Å². The van der Waals surface area contributed by atoms with Crippen molar-refractivity contribution in [3.05, 3.63) is 66.0 Å². The number of aromatic nitrogens is 1. The molecule has 178 valence electrons. The fraction of sp³-hybridized carbons (Fsp3) is 0.458. The molecule has 1 saturated heterocycles. The van der Waals surface area contributed by atoms with Crippen LogP contribution in [0.2, 0.25) is 0 Å². The van der Waals surface area contributed by atoms with Gasteiger partial charge in [-0.1, -0.05) is 50.2 Å². The molecule has 33 heavy (non-hydrogen) atoms. The van der Waals surface area contributed by atoms with E-state index in [9.17, 15) is 18.0 Å². The van der Waals surface area contributed by atoms with Crippen molar-refractivity contribution in [1.29, 1.82) is 0 Å². The van der Waals surface area contributed by atoms with Gasteiger partial charge in [0.25, 0.3) is 5.91 Å². The van der Waals surface area contributed by atoms with Crippen molar-refractivity contribution in [3.63, 3.8) is 0 Å². The number of carbonyl (C=O) groups is 2. The van der Waals surface area contributed by atoms with Crippen LogP contribution in [0.3, 0.4) is 0 Å². The maximum Gasteiger partial charge on any atom is 0.325 e. The molecule has 0 aliphatic carbocycles. The van der Waals surface area contributed by atoms with E-state index in [0.29, 0.717) is 18.4 Å². The normalized spacial score (nSPS) is 18.0. The maximum absolute atomic E-state index is 13.1. The van der Waals surface area contributed by atoms with Crippen LogP contribution in [0.15, 0.2) is 54.9 Å². The van der Waals surface area contributed by atoms with E-state index in [-0.39, 0.29) is 24.8 Å². The van der Waals surface area contributed by atoms with Gasteiger partial charge < -0.3 is 10.1 Å². The molecule has 1 N–H and O–H groups in total. The second-order valence-electron chi connectivity index (χ2n) is 8.54. The van der Waals surface area contributed by atoms with Crippen molar-refractivity contribution >= 4 is 21.9 Å². The van der Waals surface area contributed by atoms with E-state index < -0.39 is 34.0 Å². The molecule has 0 bridgehead atoms. The fourth-order valence-electron chi connectivity index (χ4n) is 3.83. The van der Waals surface area contributed by atoms with Gasteiger partial charge in [0.15, 0.2) is 6.10 Å². The van der Waals surface area contributed by atoms with Crippen LogP contribution in [0.25, 0.3) is 0 Å². The minimum absolute atomic E-state index is 0.184. The van der Waals surface area contributed by atoms with E-state index in [1.54, 1.807) is 56.6 Å². The van der Waals surface area contributed by atoms with Gasteiger partial charge in [-0.3, -0.25) is 14.6 Å². The van der Waals surface area contributed by atoms with Crippen molar-refractivity contribution < 1.29 is 22.7 Å². The molecular weight excluding hydrogens is 442 g/mol. The lowest BCUT2D eigenvalue weighted by Gasteiger charge is -2.34. The number of hydrogen-bond acceptors (Lipinski definition) is 6. The largest absolute Gasteiger partial charge is 0.451 e. The first kappa shape index (κ1) is 24.9. The Kier molecular flexibility index (Phi) is 8.57. The molecule has 1 amide bonds. The molecule has 3 rings (SSSR count). The van der Waals surface area contributed by atoms with Gasteiger partial charge in [-0.25, -0.2) is 8.42 Å². The first-order valence-corrected chi connectivity index (χ1v) is 12.8. The summed E-state index contributed by atoms with van der Waals surface area (Å²) in [6, 6.07) is 11.6. The maximum atomic E-state index is 13.1. The Morgan fingerprint density at radius 2 is 1.85 bits per heavy atom. The number of amides is 1. The number of piperidine rings is 1. The molecular formula is C24H31N3O5S. The standard InChI is InChI=1S/C24H31N3O5S/c1-18(2)22(23(28)26-16-20-11-8-13-25-15-20)32-24(29)21-12-6-7-14-27(21)33(30,31)17-19-9-4-3-5-10-19/h3-5,8-11,13,15,18,21-22H,6-7,12,14,16-17H2,1-2H3,(H,26,28). The number of rotatable bonds is 9. The third kappa shape index (κ3) is 6.85. The van der Waals surface area contributed by atoms with Gasteiger partial charge >= 0.3 is 5.97 Å². The molecule has 8 nitrogen and oxygen atoms in total. The number of pyridine rings is 1. The van der Waals surface area contributed by atoms with Crippen LogP contribution in [-0.4, -0.2) is 48.3 Å². The fourth-order valence-corrected chi connectivity index (χ4v) is 5.60. The van der Waals surface area contributed by atoms with Gasteiger partial charge in [0.1, 0.15) is 6.04 Å².